The van der Waals surface area contributed by atoms with Gasteiger partial charge in [0.2, 0.25) is 5.91 Å². The Labute approximate surface area is 162 Å². The van der Waals surface area contributed by atoms with Crippen LogP contribution in [-0.2, 0) is 9.53 Å². The normalized spacial score (nSPS) is 11.2. The lowest BCUT2D eigenvalue weighted by atomic mass is 10.3. The van der Waals surface area contributed by atoms with Crippen LogP contribution in [-0.4, -0.2) is 50.7 Å². The van der Waals surface area contributed by atoms with Crippen molar-refractivity contribution in [3.05, 3.63) is 42.9 Å². The molecule has 0 radical (unpaired) electrons. The van der Waals surface area contributed by atoms with E-state index in [1.54, 1.807) is 10.9 Å². The van der Waals surface area contributed by atoms with Crippen molar-refractivity contribution in [3.8, 4) is 5.69 Å². The van der Waals surface area contributed by atoms with Crippen LogP contribution < -0.4 is 5.32 Å². The smallest absolute Gasteiger partial charge is 0.230 e. The SMILES string of the molecule is CC(C)OCCCNC(=O)CSc1ncnc2c1cnn2-c1ccccc1. The molecule has 7 nitrogen and oxygen atoms in total. The minimum Gasteiger partial charge on any atom is -0.379 e. The minimum atomic E-state index is -0.0215. The number of benzene rings is 1. The van der Waals surface area contributed by atoms with Gasteiger partial charge in [-0.2, -0.15) is 5.10 Å². The van der Waals surface area contributed by atoms with Crippen LogP contribution in [0.4, 0.5) is 0 Å². The summed E-state index contributed by atoms with van der Waals surface area (Å²) in [6, 6.07) is 9.81. The molecule has 0 unspecified atom stereocenters. The molecular weight excluding hydrogens is 362 g/mol. The monoisotopic (exact) mass is 385 g/mol. The number of thioether (sulfide) groups is 1. The first kappa shape index (κ1) is 19.3. The summed E-state index contributed by atoms with van der Waals surface area (Å²) in [4.78, 5) is 20.7. The maximum atomic E-state index is 12.0. The van der Waals surface area contributed by atoms with Crippen LogP contribution in [0.2, 0.25) is 0 Å². The second kappa shape index (κ2) is 9.48. The number of carbonyl (C=O) groups is 1. The number of fused-ring (bicyclic) bond motifs is 1. The summed E-state index contributed by atoms with van der Waals surface area (Å²) in [6.07, 6.45) is 4.27. The van der Waals surface area contributed by atoms with Gasteiger partial charge in [0.25, 0.3) is 0 Å². The summed E-state index contributed by atoms with van der Waals surface area (Å²) < 4.78 is 7.23. The number of para-hydroxylation sites is 1. The molecule has 0 aliphatic heterocycles. The van der Waals surface area contributed by atoms with Gasteiger partial charge in [0.15, 0.2) is 5.65 Å². The van der Waals surface area contributed by atoms with E-state index in [9.17, 15) is 4.79 Å². The quantitative estimate of drug-likeness (QED) is 0.346. The third-order valence-corrected chi connectivity index (χ3v) is 4.77. The number of hydrogen-bond donors (Lipinski definition) is 1. The summed E-state index contributed by atoms with van der Waals surface area (Å²) in [7, 11) is 0. The fraction of sp³-hybridized carbons (Fsp3) is 0.368. The Morgan fingerprint density at radius 1 is 1.26 bits per heavy atom. The highest BCUT2D eigenvalue weighted by Crippen LogP contribution is 2.25. The molecule has 0 saturated carbocycles. The highest BCUT2D eigenvalue weighted by atomic mass is 32.2. The second-order valence-corrected chi connectivity index (χ2v) is 7.18. The van der Waals surface area contributed by atoms with Crippen molar-refractivity contribution in [1.29, 1.82) is 0 Å². The molecule has 2 heterocycles. The molecule has 142 valence electrons. The summed E-state index contributed by atoms with van der Waals surface area (Å²) in [6.45, 7) is 5.25. The Morgan fingerprint density at radius 3 is 2.85 bits per heavy atom. The third kappa shape index (κ3) is 5.27. The van der Waals surface area contributed by atoms with Crippen LogP contribution in [0.25, 0.3) is 16.7 Å². The van der Waals surface area contributed by atoms with Gasteiger partial charge in [-0.05, 0) is 32.4 Å². The topological polar surface area (TPSA) is 81.9 Å². The predicted molar refractivity (Wildman–Crippen MR) is 106 cm³/mol. The summed E-state index contributed by atoms with van der Waals surface area (Å²) in [5.74, 6) is 0.278. The summed E-state index contributed by atoms with van der Waals surface area (Å²) in [5.41, 5.74) is 1.66. The Bertz CT molecular complexity index is 882. The van der Waals surface area contributed by atoms with Gasteiger partial charge in [-0.15, -0.1) is 0 Å². The van der Waals surface area contributed by atoms with Crippen molar-refractivity contribution in [2.45, 2.75) is 31.4 Å². The van der Waals surface area contributed by atoms with Gasteiger partial charge < -0.3 is 10.1 Å². The number of nitrogens with zero attached hydrogens (tertiary/aromatic N) is 4. The molecule has 27 heavy (non-hydrogen) atoms. The molecule has 1 N–H and O–H groups in total. The summed E-state index contributed by atoms with van der Waals surface area (Å²) >= 11 is 1.39. The third-order valence-electron chi connectivity index (χ3n) is 3.76. The van der Waals surface area contributed by atoms with Gasteiger partial charge in [0, 0.05) is 13.2 Å². The molecule has 0 aliphatic rings. The maximum Gasteiger partial charge on any atom is 0.230 e. The molecule has 3 aromatic rings. The highest BCUT2D eigenvalue weighted by molar-refractivity contribution is 8.00. The zero-order valence-corrected chi connectivity index (χ0v) is 16.3. The van der Waals surface area contributed by atoms with Gasteiger partial charge in [0.1, 0.15) is 11.4 Å². The molecular formula is C19H23N5O2S. The standard InChI is InChI=1S/C19H23N5O2S/c1-14(2)26-10-6-9-20-17(25)12-27-19-16-11-23-24(18(16)21-13-22-19)15-7-4-3-5-8-15/h3-5,7-8,11,13-14H,6,9-10,12H2,1-2H3,(H,20,25). The van der Waals surface area contributed by atoms with Crippen molar-refractivity contribution in [3.63, 3.8) is 0 Å². The van der Waals surface area contributed by atoms with Crippen molar-refractivity contribution in [1.82, 2.24) is 25.1 Å². The molecule has 1 aromatic carbocycles. The van der Waals surface area contributed by atoms with Crippen LogP contribution >= 0.6 is 11.8 Å². The van der Waals surface area contributed by atoms with E-state index in [0.29, 0.717) is 18.9 Å². The van der Waals surface area contributed by atoms with Gasteiger partial charge in [-0.25, -0.2) is 14.6 Å². The van der Waals surface area contributed by atoms with E-state index in [-0.39, 0.29) is 12.0 Å². The summed E-state index contributed by atoms with van der Waals surface area (Å²) in [5, 5.41) is 8.91. The maximum absolute atomic E-state index is 12.0. The molecule has 0 saturated heterocycles. The Balaban J connectivity index is 1.58. The first-order valence-electron chi connectivity index (χ1n) is 8.90. The number of amides is 1. The number of carbonyl (C=O) groups excluding carboxylic acids is 1. The van der Waals surface area contributed by atoms with Crippen LogP contribution in [0.1, 0.15) is 20.3 Å². The van der Waals surface area contributed by atoms with Crippen molar-refractivity contribution >= 4 is 28.7 Å². The largest absolute Gasteiger partial charge is 0.379 e. The number of hydrogen-bond acceptors (Lipinski definition) is 6. The average molecular weight is 385 g/mol. The van der Waals surface area contributed by atoms with E-state index >= 15 is 0 Å². The zero-order valence-electron chi connectivity index (χ0n) is 15.5. The first-order valence-corrected chi connectivity index (χ1v) is 9.89. The lowest BCUT2D eigenvalue weighted by Crippen LogP contribution is -2.27. The fourth-order valence-electron chi connectivity index (χ4n) is 2.50. The van der Waals surface area contributed by atoms with Gasteiger partial charge in [-0.3, -0.25) is 4.79 Å². The van der Waals surface area contributed by atoms with E-state index in [1.165, 1.54) is 18.1 Å². The van der Waals surface area contributed by atoms with Gasteiger partial charge >= 0.3 is 0 Å². The van der Waals surface area contributed by atoms with Gasteiger partial charge in [0.05, 0.1) is 29.1 Å². The van der Waals surface area contributed by atoms with Crippen molar-refractivity contribution in [2.75, 3.05) is 18.9 Å². The number of ether oxygens (including phenoxy) is 1. The van der Waals surface area contributed by atoms with Crippen molar-refractivity contribution < 1.29 is 9.53 Å². The minimum absolute atomic E-state index is 0.0215. The molecule has 0 fully saturated rings. The zero-order chi connectivity index (χ0) is 19.1. The number of rotatable bonds is 9. The van der Waals surface area contributed by atoms with Gasteiger partial charge in [-0.1, -0.05) is 30.0 Å². The van der Waals surface area contributed by atoms with E-state index in [4.69, 9.17) is 4.74 Å². The molecule has 1 amide bonds. The number of aromatic nitrogens is 4. The second-order valence-electron chi connectivity index (χ2n) is 6.22. The Hall–Kier alpha value is -2.45. The van der Waals surface area contributed by atoms with Crippen molar-refractivity contribution in [2.24, 2.45) is 0 Å². The van der Waals surface area contributed by atoms with E-state index in [1.807, 2.05) is 44.2 Å². The van der Waals surface area contributed by atoms with Crippen LogP contribution in [0.3, 0.4) is 0 Å². The van der Waals surface area contributed by atoms with E-state index in [2.05, 4.69) is 20.4 Å². The molecule has 8 heteroatoms. The van der Waals surface area contributed by atoms with Crippen LogP contribution in [0, 0.1) is 0 Å². The Kier molecular flexibility index (Phi) is 6.78. The molecule has 0 atom stereocenters. The lowest BCUT2D eigenvalue weighted by molar-refractivity contribution is -0.118. The lowest BCUT2D eigenvalue weighted by Gasteiger charge is -2.08. The van der Waals surface area contributed by atoms with E-state index < -0.39 is 0 Å². The first-order chi connectivity index (χ1) is 13.1. The average Bonchev–Trinajstić information content (AvgIpc) is 3.11. The van der Waals surface area contributed by atoms with E-state index in [0.717, 1.165) is 28.2 Å². The fourth-order valence-corrected chi connectivity index (χ4v) is 3.29. The predicted octanol–water partition coefficient (Wildman–Crippen LogP) is 2.84. The number of nitrogens with one attached hydrogen (secondary N) is 1. The highest BCUT2D eigenvalue weighted by Gasteiger charge is 2.12. The molecule has 3 rings (SSSR count). The molecule has 0 aliphatic carbocycles. The molecule has 0 bridgehead atoms. The van der Waals surface area contributed by atoms with Crippen LogP contribution in [0.5, 0.6) is 0 Å². The van der Waals surface area contributed by atoms with Crippen LogP contribution in [0.15, 0.2) is 47.9 Å². The molecule has 2 aromatic heterocycles. The Morgan fingerprint density at radius 2 is 2.07 bits per heavy atom. The molecule has 0 spiro atoms.